The van der Waals surface area contributed by atoms with Crippen molar-refractivity contribution in [2.45, 2.75) is 37.1 Å². The Bertz CT molecular complexity index is 768. The molecule has 3 aliphatic rings. The van der Waals surface area contributed by atoms with Crippen LogP contribution in [0.3, 0.4) is 0 Å². The first-order chi connectivity index (χ1) is 10.6. The summed E-state index contributed by atoms with van der Waals surface area (Å²) in [6, 6.07) is 18.4. The summed E-state index contributed by atoms with van der Waals surface area (Å²) >= 11 is 0. The lowest BCUT2D eigenvalue weighted by Gasteiger charge is -2.48. The van der Waals surface area contributed by atoms with Gasteiger partial charge in [-0.2, -0.15) is 0 Å². The van der Waals surface area contributed by atoms with Gasteiger partial charge in [0, 0.05) is 40.7 Å². The first-order valence-corrected chi connectivity index (χ1v) is 8.34. The molecular weight excluding hydrogens is 268 g/mol. The van der Waals surface area contributed by atoms with Crippen LogP contribution < -0.4 is 10.6 Å². The zero-order valence-corrected chi connectivity index (χ0v) is 13.2. The molecule has 0 aromatic heterocycles. The Morgan fingerprint density at radius 2 is 1.59 bits per heavy atom. The molecule has 1 saturated carbocycles. The van der Waals surface area contributed by atoms with Crippen LogP contribution >= 0.6 is 0 Å². The van der Waals surface area contributed by atoms with Gasteiger partial charge in [0.1, 0.15) is 0 Å². The average Bonchev–Trinajstić information content (AvgIpc) is 2.73. The smallest absolute Gasteiger partial charge is 0.0380 e. The minimum Gasteiger partial charge on any atom is -0.384 e. The van der Waals surface area contributed by atoms with Crippen LogP contribution in [-0.2, 0) is 10.8 Å². The number of anilines is 2. The van der Waals surface area contributed by atoms with E-state index in [1.807, 2.05) is 0 Å². The SMILES string of the molecule is C[C@]12C[C@H](Nc3ccccc31)[C@@H]1CNc3ccccc3[C@@]12C. The molecule has 2 aromatic rings. The Morgan fingerprint density at radius 1 is 0.909 bits per heavy atom. The summed E-state index contributed by atoms with van der Waals surface area (Å²) in [7, 11) is 0. The highest BCUT2D eigenvalue weighted by molar-refractivity contribution is 5.68. The highest BCUT2D eigenvalue weighted by atomic mass is 15.0. The number of rotatable bonds is 0. The molecule has 2 N–H and O–H groups in total. The Labute approximate surface area is 131 Å². The summed E-state index contributed by atoms with van der Waals surface area (Å²) in [4.78, 5) is 0. The molecule has 4 atom stereocenters. The molecule has 0 saturated heterocycles. The first kappa shape index (κ1) is 12.6. The first-order valence-electron chi connectivity index (χ1n) is 8.34. The number of fused-ring (bicyclic) bond motifs is 9. The molecule has 2 bridgehead atoms. The van der Waals surface area contributed by atoms with Gasteiger partial charge >= 0.3 is 0 Å². The number of hydrogen-bond acceptors (Lipinski definition) is 2. The lowest BCUT2D eigenvalue weighted by molar-refractivity contribution is 0.242. The van der Waals surface area contributed by atoms with E-state index in [0.717, 1.165) is 6.54 Å². The number of para-hydroxylation sites is 2. The molecule has 112 valence electrons. The summed E-state index contributed by atoms with van der Waals surface area (Å²) < 4.78 is 0. The molecule has 2 aromatic carbocycles. The van der Waals surface area contributed by atoms with Gasteiger partial charge in [-0.15, -0.1) is 0 Å². The summed E-state index contributed by atoms with van der Waals surface area (Å²) in [6.45, 7) is 6.05. The lowest BCUT2D eigenvalue weighted by atomic mass is 9.57. The van der Waals surface area contributed by atoms with Crippen LogP contribution in [0.5, 0.6) is 0 Å². The molecule has 0 unspecified atom stereocenters. The predicted molar refractivity (Wildman–Crippen MR) is 91.6 cm³/mol. The van der Waals surface area contributed by atoms with Gasteiger partial charge in [0.2, 0.25) is 0 Å². The fourth-order valence-corrected chi connectivity index (χ4v) is 5.59. The molecule has 2 heteroatoms. The van der Waals surface area contributed by atoms with Crippen molar-refractivity contribution in [1.29, 1.82) is 0 Å². The van der Waals surface area contributed by atoms with Crippen molar-refractivity contribution in [2.24, 2.45) is 5.92 Å². The van der Waals surface area contributed by atoms with Crippen molar-refractivity contribution in [2.75, 3.05) is 17.2 Å². The fourth-order valence-electron chi connectivity index (χ4n) is 5.59. The molecule has 1 aliphatic carbocycles. The molecule has 0 amide bonds. The molecule has 2 aliphatic heterocycles. The number of benzene rings is 2. The van der Waals surface area contributed by atoms with Crippen molar-refractivity contribution in [3.05, 3.63) is 59.7 Å². The van der Waals surface area contributed by atoms with Gasteiger partial charge in [-0.25, -0.2) is 0 Å². The van der Waals surface area contributed by atoms with E-state index in [1.165, 1.54) is 28.9 Å². The second kappa shape index (κ2) is 3.87. The minimum atomic E-state index is 0.180. The van der Waals surface area contributed by atoms with Crippen LogP contribution in [0.4, 0.5) is 11.4 Å². The maximum absolute atomic E-state index is 3.83. The Balaban J connectivity index is 1.82. The third-order valence-corrected chi connectivity index (χ3v) is 6.86. The summed E-state index contributed by atoms with van der Waals surface area (Å²) in [5.41, 5.74) is 6.03. The highest BCUT2D eigenvalue weighted by Crippen LogP contribution is 2.64. The van der Waals surface area contributed by atoms with Crippen LogP contribution in [0.2, 0.25) is 0 Å². The summed E-state index contributed by atoms with van der Waals surface area (Å²) in [6.07, 6.45) is 1.22. The van der Waals surface area contributed by atoms with E-state index in [-0.39, 0.29) is 10.8 Å². The summed E-state index contributed by atoms with van der Waals surface area (Å²) in [5, 5.41) is 7.50. The molecule has 0 radical (unpaired) electrons. The van der Waals surface area contributed by atoms with Crippen molar-refractivity contribution < 1.29 is 0 Å². The van der Waals surface area contributed by atoms with Crippen LogP contribution in [0.15, 0.2) is 48.5 Å². The van der Waals surface area contributed by atoms with E-state index in [4.69, 9.17) is 0 Å². The predicted octanol–water partition coefficient (Wildman–Crippen LogP) is 4.14. The van der Waals surface area contributed by atoms with Crippen molar-refractivity contribution >= 4 is 11.4 Å². The molecule has 0 spiro atoms. The Hall–Kier alpha value is -1.96. The van der Waals surface area contributed by atoms with Gasteiger partial charge in [-0.3, -0.25) is 0 Å². The molecule has 2 heterocycles. The van der Waals surface area contributed by atoms with Gasteiger partial charge in [0.15, 0.2) is 0 Å². The lowest BCUT2D eigenvalue weighted by Crippen LogP contribution is -2.49. The van der Waals surface area contributed by atoms with Crippen LogP contribution in [0.1, 0.15) is 31.4 Å². The van der Waals surface area contributed by atoms with E-state index >= 15 is 0 Å². The van der Waals surface area contributed by atoms with Gasteiger partial charge < -0.3 is 10.6 Å². The molecular formula is C20H22N2. The van der Waals surface area contributed by atoms with E-state index in [0.29, 0.717) is 12.0 Å². The average molecular weight is 290 g/mol. The highest BCUT2D eigenvalue weighted by Gasteiger charge is 2.64. The Morgan fingerprint density at radius 3 is 2.41 bits per heavy atom. The molecule has 5 rings (SSSR count). The molecule has 2 nitrogen and oxygen atoms in total. The van der Waals surface area contributed by atoms with E-state index < -0.39 is 0 Å². The van der Waals surface area contributed by atoms with Gasteiger partial charge in [-0.05, 0) is 29.7 Å². The quantitative estimate of drug-likeness (QED) is 0.762. The Kier molecular flexibility index (Phi) is 2.21. The number of nitrogens with one attached hydrogen (secondary N) is 2. The summed E-state index contributed by atoms with van der Waals surface area (Å²) in [5.74, 6) is 0.625. The maximum Gasteiger partial charge on any atom is 0.0380 e. The third-order valence-electron chi connectivity index (χ3n) is 6.86. The van der Waals surface area contributed by atoms with Gasteiger partial charge in [-0.1, -0.05) is 50.2 Å². The van der Waals surface area contributed by atoms with Crippen molar-refractivity contribution in [3.8, 4) is 0 Å². The van der Waals surface area contributed by atoms with Crippen LogP contribution in [0.25, 0.3) is 0 Å². The maximum atomic E-state index is 3.83. The third kappa shape index (κ3) is 1.24. The second-order valence-corrected chi connectivity index (χ2v) is 7.57. The zero-order chi connectivity index (χ0) is 14.9. The van der Waals surface area contributed by atoms with Gasteiger partial charge in [0.05, 0.1) is 0 Å². The monoisotopic (exact) mass is 290 g/mol. The molecule has 22 heavy (non-hydrogen) atoms. The second-order valence-electron chi connectivity index (χ2n) is 7.57. The van der Waals surface area contributed by atoms with E-state index in [2.05, 4.69) is 73.0 Å². The van der Waals surface area contributed by atoms with Gasteiger partial charge in [0.25, 0.3) is 0 Å². The van der Waals surface area contributed by atoms with Crippen LogP contribution in [-0.4, -0.2) is 12.6 Å². The van der Waals surface area contributed by atoms with Crippen LogP contribution in [0, 0.1) is 5.92 Å². The standard InChI is InChI=1S/C20H22N2/c1-19-11-18(22-17-10-6-3-7-13(17)19)15-12-21-16-9-5-4-8-14(16)20(15,19)2/h3-10,15,18,21-22H,11-12H2,1-2H3/t15-,18-,19-,20-/m0/s1. The van der Waals surface area contributed by atoms with Crippen molar-refractivity contribution in [3.63, 3.8) is 0 Å². The van der Waals surface area contributed by atoms with Crippen molar-refractivity contribution in [1.82, 2.24) is 0 Å². The van der Waals surface area contributed by atoms with E-state index in [9.17, 15) is 0 Å². The largest absolute Gasteiger partial charge is 0.384 e. The normalized spacial score (nSPS) is 37.4. The zero-order valence-electron chi connectivity index (χ0n) is 13.2. The minimum absolute atomic E-state index is 0.180. The van der Waals surface area contributed by atoms with E-state index in [1.54, 1.807) is 0 Å². The topological polar surface area (TPSA) is 24.1 Å². The fraction of sp³-hybridized carbons (Fsp3) is 0.400. The number of hydrogen-bond donors (Lipinski definition) is 2. The molecule has 1 fully saturated rings.